The highest BCUT2D eigenvalue weighted by molar-refractivity contribution is 5.75. The van der Waals surface area contributed by atoms with Crippen LogP contribution in [0.25, 0.3) is 0 Å². The summed E-state index contributed by atoms with van der Waals surface area (Å²) < 4.78 is 12.8. The number of likely N-dealkylation sites (tertiary alicyclic amines) is 1. The lowest BCUT2D eigenvalue weighted by Gasteiger charge is -2.29. The Balaban J connectivity index is 1.96. The monoisotopic (exact) mass is 355 g/mol. The Hall–Kier alpha value is -1.61. The summed E-state index contributed by atoms with van der Waals surface area (Å²) in [7, 11) is 0. The zero-order chi connectivity index (χ0) is 18.4. The molecule has 1 aliphatic heterocycles. The molecule has 8 heteroatoms. The lowest BCUT2D eigenvalue weighted by Crippen LogP contribution is -2.47. The number of nitrogens with one attached hydrogen (secondary N) is 1. The van der Waals surface area contributed by atoms with Gasteiger partial charge < -0.3 is 20.6 Å². The second-order valence-electron chi connectivity index (χ2n) is 6.29. The Kier molecular flexibility index (Phi) is 7.24. The fourth-order valence-electron chi connectivity index (χ4n) is 3.24. The highest BCUT2D eigenvalue weighted by Gasteiger charge is 2.46. The molecule has 7 nitrogen and oxygen atoms in total. The second-order valence-corrected chi connectivity index (χ2v) is 6.29. The van der Waals surface area contributed by atoms with Crippen LogP contribution < -0.4 is 5.32 Å². The van der Waals surface area contributed by atoms with Gasteiger partial charge in [-0.25, -0.2) is 4.98 Å². The summed E-state index contributed by atoms with van der Waals surface area (Å²) >= 11 is 0. The van der Waals surface area contributed by atoms with Gasteiger partial charge in [-0.3, -0.25) is 9.69 Å². The number of aryl methyl sites for hydroxylation is 1. The molecule has 1 aromatic heterocycles. The van der Waals surface area contributed by atoms with Gasteiger partial charge in [-0.05, 0) is 31.0 Å². The van der Waals surface area contributed by atoms with Crippen LogP contribution in [0.4, 0.5) is 4.39 Å². The molecule has 1 amide bonds. The van der Waals surface area contributed by atoms with Gasteiger partial charge in [0.2, 0.25) is 11.9 Å². The third kappa shape index (κ3) is 4.94. The number of rotatable bonds is 8. The van der Waals surface area contributed by atoms with Crippen molar-refractivity contribution < 1.29 is 24.5 Å². The zero-order valence-electron chi connectivity index (χ0n) is 14.3. The molecule has 140 valence electrons. The van der Waals surface area contributed by atoms with Crippen LogP contribution in [0.3, 0.4) is 0 Å². The quantitative estimate of drug-likeness (QED) is 0.466. The first-order valence-electron chi connectivity index (χ1n) is 8.57. The maximum Gasteiger partial charge on any atom is 0.219 e. The molecule has 2 heterocycles. The van der Waals surface area contributed by atoms with E-state index in [9.17, 15) is 24.5 Å². The number of aromatic nitrogens is 1. The molecule has 4 N–H and O–H groups in total. The van der Waals surface area contributed by atoms with Crippen LogP contribution in [-0.2, 0) is 11.2 Å². The summed E-state index contributed by atoms with van der Waals surface area (Å²) in [5.74, 6) is -0.659. The Morgan fingerprint density at radius 3 is 2.64 bits per heavy atom. The number of halogens is 1. The summed E-state index contributed by atoms with van der Waals surface area (Å²) in [5.41, 5.74) is 0.887. The molecular formula is C17H26FN3O4. The minimum absolute atomic E-state index is 0.133. The molecule has 4 atom stereocenters. The van der Waals surface area contributed by atoms with E-state index in [4.69, 9.17) is 0 Å². The molecular weight excluding hydrogens is 329 g/mol. The fraction of sp³-hybridized carbons (Fsp3) is 0.647. The van der Waals surface area contributed by atoms with Gasteiger partial charge in [0, 0.05) is 19.2 Å². The van der Waals surface area contributed by atoms with E-state index in [-0.39, 0.29) is 19.1 Å². The van der Waals surface area contributed by atoms with Crippen molar-refractivity contribution in [1.82, 2.24) is 15.2 Å². The molecule has 0 saturated carbocycles. The molecule has 0 aromatic carbocycles. The average Bonchev–Trinajstić information content (AvgIpc) is 2.84. The third-order valence-electron chi connectivity index (χ3n) is 4.68. The summed E-state index contributed by atoms with van der Waals surface area (Å²) in [4.78, 5) is 16.9. The van der Waals surface area contributed by atoms with Crippen LogP contribution in [-0.4, -0.2) is 75.1 Å². The van der Waals surface area contributed by atoms with E-state index in [2.05, 4.69) is 10.3 Å². The molecule has 25 heavy (non-hydrogen) atoms. The Morgan fingerprint density at radius 1 is 1.32 bits per heavy atom. The number of aliphatic hydroxyl groups excluding tert-OH is 3. The first-order chi connectivity index (χ1) is 12.0. The van der Waals surface area contributed by atoms with Crippen LogP contribution in [0.5, 0.6) is 0 Å². The predicted molar refractivity (Wildman–Crippen MR) is 89.2 cm³/mol. The van der Waals surface area contributed by atoms with Crippen LogP contribution in [0.1, 0.15) is 25.3 Å². The van der Waals surface area contributed by atoms with Crippen molar-refractivity contribution >= 4 is 5.91 Å². The third-order valence-corrected chi connectivity index (χ3v) is 4.68. The van der Waals surface area contributed by atoms with E-state index in [1.54, 1.807) is 13.0 Å². The second kappa shape index (κ2) is 9.19. The lowest BCUT2D eigenvalue weighted by atomic mass is 10.1. The van der Waals surface area contributed by atoms with E-state index in [0.29, 0.717) is 25.8 Å². The van der Waals surface area contributed by atoms with Crippen LogP contribution in [0.2, 0.25) is 0 Å². The van der Waals surface area contributed by atoms with Crippen molar-refractivity contribution in [3.05, 3.63) is 29.8 Å². The molecule has 1 saturated heterocycles. The van der Waals surface area contributed by atoms with E-state index in [1.165, 1.54) is 12.3 Å². The molecule has 0 aliphatic carbocycles. The number of amides is 1. The zero-order valence-corrected chi connectivity index (χ0v) is 14.3. The van der Waals surface area contributed by atoms with Gasteiger partial charge in [-0.1, -0.05) is 13.0 Å². The van der Waals surface area contributed by atoms with E-state index in [1.807, 2.05) is 4.90 Å². The van der Waals surface area contributed by atoms with Gasteiger partial charge in [0.15, 0.2) is 0 Å². The van der Waals surface area contributed by atoms with E-state index in [0.717, 1.165) is 5.56 Å². The Bertz CT molecular complexity index is 557. The van der Waals surface area contributed by atoms with Crippen LogP contribution in [0, 0.1) is 5.95 Å². The molecule has 0 bridgehead atoms. The van der Waals surface area contributed by atoms with Gasteiger partial charge >= 0.3 is 0 Å². The number of carbonyl (C=O) groups is 1. The van der Waals surface area contributed by atoms with Gasteiger partial charge in [0.25, 0.3) is 0 Å². The average molecular weight is 355 g/mol. The minimum atomic E-state index is -1.07. The summed E-state index contributed by atoms with van der Waals surface area (Å²) in [6, 6.07) is 1.93. The first-order valence-corrected chi connectivity index (χ1v) is 8.57. The van der Waals surface area contributed by atoms with E-state index < -0.39 is 30.2 Å². The summed E-state index contributed by atoms with van der Waals surface area (Å²) in [6.45, 7) is 2.18. The molecule has 0 spiro atoms. The number of aliphatic hydroxyl groups is 3. The number of hydrogen-bond acceptors (Lipinski definition) is 6. The van der Waals surface area contributed by atoms with Crippen molar-refractivity contribution in [2.75, 3.05) is 19.7 Å². The van der Waals surface area contributed by atoms with Crippen LogP contribution >= 0.6 is 0 Å². The van der Waals surface area contributed by atoms with E-state index >= 15 is 0 Å². The molecule has 2 rings (SSSR count). The van der Waals surface area contributed by atoms with Crippen molar-refractivity contribution in [3.8, 4) is 0 Å². The van der Waals surface area contributed by atoms with Gasteiger partial charge in [-0.2, -0.15) is 4.39 Å². The standard InChI is InChI=1S/C17H26FN3O4/c1-2-15(23)20-9-12-16(24)17(25)13(10-22)21(12)7-3-4-11-5-6-14(18)19-8-11/h5-6,8,12-13,16-17,22,24-25H,2-4,7,9-10H2,1H3,(H,20,23)/t12-,13-,16-,17-/m1/s1. The summed E-state index contributed by atoms with van der Waals surface area (Å²) in [6.07, 6.45) is 1.05. The lowest BCUT2D eigenvalue weighted by molar-refractivity contribution is -0.121. The smallest absolute Gasteiger partial charge is 0.219 e. The van der Waals surface area contributed by atoms with Gasteiger partial charge in [0.05, 0.1) is 30.9 Å². The van der Waals surface area contributed by atoms with Gasteiger partial charge in [-0.15, -0.1) is 0 Å². The van der Waals surface area contributed by atoms with Crippen molar-refractivity contribution in [2.45, 2.75) is 50.5 Å². The minimum Gasteiger partial charge on any atom is -0.395 e. The SMILES string of the molecule is CCC(=O)NC[C@@H]1[C@@H](O)[C@H](O)[C@@H](CO)N1CCCc1ccc(F)nc1. The maximum absolute atomic E-state index is 12.8. The summed E-state index contributed by atoms with van der Waals surface area (Å²) in [5, 5.41) is 32.7. The molecule has 1 aromatic rings. The topological polar surface area (TPSA) is 106 Å². The largest absolute Gasteiger partial charge is 0.395 e. The number of nitrogens with zero attached hydrogens (tertiary/aromatic N) is 2. The molecule has 1 aliphatic rings. The molecule has 0 radical (unpaired) electrons. The van der Waals surface area contributed by atoms with Crippen molar-refractivity contribution in [3.63, 3.8) is 0 Å². The number of carbonyl (C=O) groups excluding carboxylic acids is 1. The Labute approximate surface area is 146 Å². The predicted octanol–water partition coefficient (Wildman–Crippen LogP) is -0.554. The number of hydrogen-bond donors (Lipinski definition) is 4. The van der Waals surface area contributed by atoms with Crippen LogP contribution in [0.15, 0.2) is 18.3 Å². The highest BCUT2D eigenvalue weighted by Crippen LogP contribution is 2.25. The fourth-order valence-corrected chi connectivity index (χ4v) is 3.24. The highest BCUT2D eigenvalue weighted by atomic mass is 19.1. The molecule has 1 fully saturated rings. The van der Waals surface area contributed by atoms with Crippen molar-refractivity contribution in [1.29, 1.82) is 0 Å². The Morgan fingerprint density at radius 2 is 2.04 bits per heavy atom. The van der Waals surface area contributed by atoms with Gasteiger partial charge in [0.1, 0.15) is 0 Å². The molecule has 0 unspecified atom stereocenters. The number of pyridine rings is 1. The normalized spacial score (nSPS) is 26.8. The maximum atomic E-state index is 12.8. The first kappa shape index (κ1) is 19.7. The van der Waals surface area contributed by atoms with Crippen molar-refractivity contribution in [2.24, 2.45) is 0 Å².